The van der Waals surface area contributed by atoms with Crippen molar-refractivity contribution >= 4 is 5.69 Å². The second-order valence-corrected chi connectivity index (χ2v) is 4.96. The third kappa shape index (κ3) is 3.16. The van der Waals surface area contributed by atoms with Crippen LogP contribution in [0.1, 0.15) is 33.6 Å². The summed E-state index contributed by atoms with van der Waals surface area (Å²) in [7, 11) is 0. The van der Waals surface area contributed by atoms with Gasteiger partial charge >= 0.3 is 0 Å². The molecule has 1 fully saturated rings. The number of hydrogen-bond acceptors (Lipinski definition) is 2. The zero-order valence-electron chi connectivity index (χ0n) is 10.4. The SMILES string of the molecule is CC(C)Oc1ccc(NC(C)C2CC2)cc1. The molecular formula is C14H21NO. The molecule has 1 aromatic carbocycles. The Morgan fingerprint density at radius 3 is 2.25 bits per heavy atom. The summed E-state index contributed by atoms with van der Waals surface area (Å²) in [6.07, 6.45) is 3.00. The van der Waals surface area contributed by atoms with Gasteiger partial charge in [0, 0.05) is 11.7 Å². The van der Waals surface area contributed by atoms with Crippen molar-refractivity contribution in [2.45, 2.75) is 45.8 Å². The van der Waals surface area contributed by atoms with Gasteiger partial charge in [-0.15, -0.1) is 0 Å². The standard InChI is InChI=1S/C14H21NO/c1-10(2)16-14-8-6-13(7-9-14)15-11(3)12-4-5-12/h6-12,15H,4-5H2,1-3H3. The van der Waals surface area contributed by atoms with Crippen LogP contribution in [0.3, 0.4) is 0 Å². The van der Waals surface area contributed by atoms with Crippen molar-refractivity contribution in [3.05, 3.63) is 24.3 Å². The highest BCUT2D eigenvalue weighted by Crippen LogP contribution is 2.34. The summed E-state index contributed by atoms with van der Waals surface area (Å²) in [6, 6.07) is 8.84. The average molecular weight is 219 g/mol. The van der Waals surface area contributed by atoms with E-state index in [9.17, 15) is 0 Å². The zero-order valence-corrected chi connectivity index (χ0v) is 10.4. The molecule has 0 aromatic heterocycles. The van der Waals surface area contributed by atoms with E-state index in [1.54, 1.807) is 0 Å². The predicted molar refractivity (Wildman–Crippen MR) is 68.0 cm³/mol. The van der Waals surface area contributed by atoms with Crippen LogP contribution in [0, 0.1) is 5.92 Å². The van der Waals surface area contributed by atoms with Crippen molar-refractivity contribution in [1.29, 1.82) is 0 Å². The van der Waals surface area contributed by atoms with Gasteiger partial charge in [-0.05, 0) is 63.8 Å². The maximum Gasteiger partial charge on any atom is 0.119 e. The lowest BCUT2D eigenvalue weighted by Crippen LogP contribution is -2.17. The molecule has 1 atom stereocenters. The summed E-state index contributed by atoms with van der Waals surface area (Å²) in [5.41, 5.74) is 1.19. The fourth-order valence-corrected chi connectivity index (χ4v) is 1.88. The quantitative estimate of drug-likeness (QED) is 0.815. The van der Waals surface area contributed by atoms with Gasteiger partial charge in [0.1, 0.15) is 5.75 Å². The first-order chi connectivity index (χ1) is 7.65. The molecule has 2 heteroatoms. The first-order valence-electron chi connectivity index (χ1n) is 6.18. The number of nitrogens with one attached hydrogen (secondary N) is 1. The lowest BCUT2D eigenvalue weighted by Gasteiger charge is -2.15. The maximum atomic E-state index is 5.61. The normalized spacial score (nSPS) is 17.2. The summed E-state index contributed by atoms with van der Waals surface area (Å²) in [5, 5.41) is 3.53. The van der Waals surface area contributed by atoms with Crippen molar-refractivity contribution in [2.24, 2.45) is 5.92 Å². The Morgan fingerprint density at radius 1 is 1.12 bits per heavy atom. The molecule has 0 spiro atoms. The Labute approximate surface area is 98.0 Å². The van der Waals surface area contributed by atoms with Gasteiger partial charge in [0.15, 0.2) is 0 Å². The summed E-state index contributed by atoms with van der Waals surface area (Å²) >= 11 is 0. The third-order valence-electron chi connectivity index (χ3n) is 2.95. The van der Waals surface area contributed by atoms with Gasteiger partial charge in [-0.1, -0.05) is 0 Å². The highest BCUT2D eigenvalue weighted by atomic mass is 16.5. The Kier molecular flexibility index (Phi) is 3.37. The molecule has 0 heterocycles. The van der Waals surface area contributed by atoms with Gasteiger partial charge in [0.05, 0.1) is 6.10 Å². The van der Waals surface area contributed by atoms with E-state index in [-0.39, 0.29) is 6.10 Å². The van der Waals surface area contributed by atoms with E-state index in [4.69, 9.17) is 4.74 Å². The van der Waals surface area contributed by atoms with Gasteiger partial charge in [0.25, 0.3) is 0 Å². The molecule has 88 valence electrons. The number of anilines is 1. The molecule has 0 saturated heterocycles. The molecule has 2 rings (SSSR count). The third-order valence-corrected chi connectivity index (χ3v) is 2.95. The minimum Gasteiger partial charge on any atom is -0.491 e. The number of ether oxygens (including phenoxy) is 1. The van der Waals surface area contributed by atoms with Gasteiger partial charge in [-0.25, -0.2) is 0 Å². The lowest BCUT2D eigenvalue weighted by molar-refractivity contribution is 0.242. The van der Waals surface area contributed by atoms with Gasteiger partial charge in [-0.2, -0.15) is 0 Å². The van der Waals surface area contributed by atoms with E-state index < -0.39 is 0 Å². The van der Waals surface area contributed by atoms with E-state index >= 15 is 0 Å². The fraction of sp³-hybridized carbons (Fsp3) is 0.571. The van der Waals surface area contributed by atoms with Crippen LogP contribution >= 0.6 is 0 Å². The van der Waals surface area contributed by atoms with Crippen LogP contribution in [0.4, 0.5) is 5.69 Å². The van der Waals surface area contributed by atoms with Crippen molar-refractivity contribution in [3.63, 3.8) is 0 Å². The number of hydrogen-bond donors (Lipinski definition) is 1. The summed E-state index contributed by atoms with van der Waals surface area (Å²) in [6.45, 7) is 6.35. The minimum absolute atomic E-state index is 0.240. The molecule has 2 nitrogen and oxygen atoms in total. The Morgan fingerprint density at radius 2 is 1.75 bits per heavy atom. The summed E-state index contributed by atoms with van der Waals surface area (Å²) in [5.74, 6) is 1.83. The molecule has 0 amide bonds. The monoisotopic (exact) mass is 219 g/mol. The summed E-state index contributed by atoms with van der Waals surface area (Å²) in [4.78, 5) is 0. The van der Waals surface area contributed by atoms with Crippen LogP contribution in [0.5, 0.6) is 5.75 Å². The smallest absolute Gasteiger partial charge is 0.119 e. The molecule has 1 saturated carbocycles. The lowest BCUT2D eigenvalue weighted by atomic mass is 10.2. The fourth-order valence-electron chi connectivity index (χ4n) is 1.88. The first kappa shape index (κ1) is 11.3. The predicted octanol–water partition coefficient (Wildman–Crippen LogP) is 3.68. The molecule has 1 N–H and O–H groups in total. The zero-order chi connectivity index (χ0) is 11.5. The molecule has 1 unspecified atom stereocenters. The largest absolute Gasteiger partial charge is 0.491 e. The van der Waals surface area contributed by atoms with Crippen LogP contribution < -0.4 is 10.1 Å². The van der Waals surface area contributed by atoms with E-state index in [1.165, 1.54) is 18.5 Å². The highest BCUT2D eigenvalue weighted by Gasteiger charge is 2.27. The number of rotatable bonds is 5. The van der Waals surface area contributed by atoms with E-state index in [0.29, 0.717) is 6.04 Å². The highest BCUT2D eigenvalue weighted by molar-refractivity contribution is 5.47. The summed E-state index contributed by atoms with van der Waals surface area (Å²) < 4.78 is 5.61. The molecular weight excluding hydrogens is 198 g/mol. The molecule has 0 radical (unpaired) electrons. The van der Waals surface area contributed by atoms with Crippen molar-refractivity contribution in [3.8, 4) is 5.75 Å². The van der Waals surface area contributed by atoms with E-state index in [1.807, 2.05) is 26.0 Å². The van der Waals surface area contributed by atoms with Crippen molar-refractivity contribution < 1.29 is 4.74 Å². The second-order valence-electron chi connectivity index (χ2n) is 4.96. The van der Waals surface area contributed by atoms with Gasteiger partial charge in [-0.3, -0.25) is 0 Å². The Balaban J connectivity index is 1.90. The average Bonchev–Trinajstić information content (AvgIpc) is 3.03. The van der Waals surface area contributed by atoms with Gasteiger partial charge < -0.3 is 10.1 Å². The Bertz CT molecular complexity index is 327. The van der Waals surface area contributed by atoms with Crippen LogP contribution in [0.25, 0.3) is 0 Å². The Hall–Kier alpha value is -1.18. The van der Waals surface area contributed by atoms with Crippen LogP contribution in [-0.4, -0.2) is 12.1 Å². The first-order valence-corrected chi connectivity index (χ1v) is 6.18. The molecule has 16 heavy (non-hydrogen) atoms. The van der Waals surface area contributed by atoms with Crippen LogP contribution in [-0.2, 0) is 0 Å². The van der Waals surface area contributed by atoms with E-state index in [2.05, 4.69) is 24.4 Å². The molecule has 0 bridgehead atoms. The number of benzene rings is 1. The topological polar surface area (TPSA) is 21.3 Å². The van der Waals surface area contributed by atoms with Crippen LogP contribution in [0.2, 0.25) is 0 Å². The van der Waals surface area contributed by atoms with Crippen molar-refractivity contribution in [2.75, 3.05) is 5.32 Å². The molecule has 1 aromatic rings. The molecule has 0 aliphatic heterocycles. The van der Waals surface area contributed by atoms with Crippen LogP contribution in [0.15, 0.2) is 24.3 Å². The minimum atomic E-state index is 0.240. The van der Waals surface area contributed by atoms with Gasteiger partial charge in [0.2, 0.25) is 0 Å². The maximum absolute atomic E-state index is 5.61. The second kappa shape index (κ2) is 4.77. The molecule has 1 aliphatic rings. The van der Waals surface area contributed by atoms with Crippen molar-refractivity contribution in [1.82, 2.24) is 0 Å². The van der Waals surface area contributed by atoms with E-state index in [0.717, 1.165) is 11.7 Å². The molecule has 1 aliphatic carbocycles.